The Hall–Kier alpha value is -1.39. The van der Waals surface area contributed by atoms with Crippen LogP contribution in [-0.2, 0) is 19.5 Å². The number of aliphatic hydroxyl groups excluding tert-OH is 1. The number of hydrogen-bond acceptors (Lipinski definition) is 6. The van der Waals surface area contributed by atoms with Crippen molar-refractivity contribution in [2.45, 2.75) is 70.3 Å². The minimum Gasteiger partial charge on any atom is -0.446 e. The molecule has 0 spiro atoms. The molecule has 1 aromatic carbocycles. The van der Waals surface area contributed by atoms with Gasteiger partial charge in [0.05, 0.1) is 24.7 Å². The zero-order chi connectivity index (χ0) is 25.4. The van der Waals surface area contributed by atoms with Crippen LogP contribution in [-0.4, -0.2) is 80.9 Å². The highest BCUT2D eigenvalue weighted by atomic mass is 35.5. The molecule has 0 atom stereocenters. The Labute approximate surface area is 210 Å². The van der Waals surface area contributed by atoms with Crippen LogP contribution in [0.25, 0.3) is 0 Å². The molecule has 0 aromatic heterocycles. The SMILES string of the molecule is C1CC1.CC.CCCN(CCO)C(=O)OC1CC1.O=S(=O)(c1ccc(Cl)cc1)N1CCOCC1. The fourth-order valence-corrected chi connectivity index (χ4v) is 4.16. The number of morpholine rings is 1. The number of hydrogen-bond donors (Lipinski definition) is 1. The maximum atomic E-state index is 12.1. The molecule has 3 fully saturated rings. The highest BCUT2D eigenvalue weighted by molar-refractivity contribution is 7.89. The lowest BCUT2D eigenvalue weighted by atomic mass is 10.4. The van der Waals surface area contributed by atoms with Gasteiger partial charge in [0.25, 0.3) is 0 Å². The highest BCUT2D eigenvalue weighted by Crippen LogP contribution is 2.24. The lowest BCUT2D eigenvalue weighted by Gasteiger charge is -2.25. The van der Waals surface area contributed by atoms with Crippen LogP contribution >= 0.6 is 11.6 Å². The summed E-state index contributed by atoms with van der Waals surface area (Å²) in [5.74, 6) is 0. The fraction of sp³-hybridized carbons (Fsp3) is 0.708. The molecule has 196 valence electrons. The van der Waals surface area contributed by atoms with E-state index in [4.69, 9.17) is 26.2 Å². The van der Waals surface area contributed by atoms with E-state index in [-0.39, 0.29) is 23.7 Å². The molecule has 2 aliphatic carbocycles. The van der Waals surface area contributed by atoms with E-state index in [1.165, 1.54) is 35.7 Å². The summed E-state index contributed by atoms with van der Waals surface area (Å²) in [4.78, 5) is 13.2. The second-order valence-corrected chi connectivity index (χ2v) is 10.2. The van der Waals surface area contributed by atoms with Crippen LogP contribution < -0.4 is 0 Å². The normalized spacial score (nSPS) is 17.0. The number of rotatable bonds is 7. The van der Waals surface area contributed by atoms with Gasteiger partial charge in [-0.1, -0.05) is 51.6 Å². The van der Waals surface area contributed by atoms with Crippen molar-refractivity contribution in [2.24, 2.45) is 0 Å². The van der Waals surface area contributed by atoms with Crippen LogP contribution in [0.1, 0.15) is 59.3 Å². The number of benzene rings is 1. The first-order chi connectivity index (χ1) is 16.4. The molecule has 0 unspecified atom stereocenters. The lowest BCUT2D eigenvalue weighted by molar-refractivity contribution is 0.0730. The monoisotopic (exact) mass is 520 g/mol. The van der Waals surface area contributed by atoms with E-state index in [0.29, 0.717) is 44.4 Å². The molecule has 1 heterocycles. The molecule has 1 amide bonds. The van der Waals surface area contributed by atoms with Crippen molar-refractivity contribution >= 4 is 27.7 Å². The van der Waals surface area contributed by atoms with E-state index >= 15 is 0 Å². The number of carbonyl (C=O) groups excluding carboxylic acids is 1. The van der Waals surface area contributed by atoms with Crippen LogP contribution in [0.2, 0.25) is 5.02 Å². The molecule has 1 saturated heterocycles. The minimum absolute atomic E-state index is 0.000231. The topological polar surface area (TPSA) is 96.4 Å². The summed E-state index contributed by atoms with van der Waals surface area (Å²) in [7, 11) is -3.38. The van der Waals surface area contributed by atoms with Crippen LogP contribution in [0, 0.1) is 0 Å². The van der Waals surface area contributed by atoms with Crippen molar-refractivity contribution in [3.05, 3.63) is 29.3 Å². The van der Waals surface area contributed by atoms with Gasteiger partial charge in [-0.25, -0.2) is 13.2 Å². The van der Waals surface area contributed by atoms with Gasteiger partial charge in [0.1, 0.15) is 6.10 Å². The van der Waals surface area contributed by atoms with Gasteiger partial charge in [0, 0.05) is 31.2 Å². The lowest BCUT2D eigenvalue weighted by Crippen LogP contribution is -2.40. The summed E-state index contributed by atoms with van der Waals surface area (Å²) >= 11 is 5.72. The summed E-state index contributed by atoms with van der Waals surface area (Å²) in [6.45, 7) is 8.75. The predicted octanol–water partition coefficient (Wildman–Crippen LogP) is 4.55. The first kappa shape index (κ1) is 30.6. The van der Waals surface area contributed by atoms with Crippen LogP contribution in [0.15, 0.2) is 29.2 Å². The second kappa shape index (κ2) is 17.1. The van der Waals surface area contributed by atoms with Crippen molar-refractivity contribution < 1.29 is 27.8 Å². The van der Waals surface area contributed by atoms with Crippen molar-refractivity contribution in [3.63, 3.8) is 0 Å². The van der Waals surface area contributed by atoms with Crippen LogP contribution in [0.5, 0.6) is 0 Å². The number of ether oxygens (including phenoxy) is 2. The first-order valence-corrected chi connectivity index (χ1v) is 14.1. The number of aliphatic hydroxyl groups is 1. The molecule has 4 rings (SSSR count). The molecule has 8 nitrogen and oxygen atoms in total. The van der Waals surface area contributed by atoms with E-state index in [1.54, 1.807) is 17.0 Å². The van der Waals surface area contributed by atoms with Crippen LogP contribution in [0.4, 0.5) is 4.79 Å². The number of sulfonamides is 1. The van der Waals surface area contributed by atoms with Crippen molar-refractivity contribution in [1.29, 1.82) is 0 Å². The third-order valence-electron chi connectivity index (χ3n) is 4.69. The zero-order valence-corrected chi connectivity index (χ0v) is 22.3. The van der Waals surface area contributed by atoms with E-state index in [2.05, 4.69) is 0 Å². The van der Waals surface area contributed by atoms with E-state index in [0.717, 1.165) is 19.3 Å². The molecule has 0 bridgehead atoms. The number of halogens is 1. The molecular formula is C24H41ClN2O6S. The minimum atomic E-state index is -3.38. The van der Waals surface area contributed by atoms with Gasteiger partial charge >= 0.3 is 6.09 Å². The Morgan fingerprint density at radius 3 is 2.12 bits per heavy atom. The number of amides is 1. The first-order valence-electron chi connectivity index (χ1n) is 12.3. The maximum absolute atomic E-state index is 12.1. The summed E-state index contributed by atoms with van der Waals surface area (Å²) < 4.78 is 35.9. The predicted molar refractivity (Wildman–Crippen MR) is 135 cm³/mol. The van der Waals surface area contributed by atoms with Gasteiger partial charge in [0.15, 0.2) is 0 Å². The summed E-state index contributed by atoms with van der Waals surface area (Å²) in [5, 5.41) is 9.24. The smallest absolute Gasteiger partial charge is 0.410 e. The molecule has 1 aliphatic heterocycles. The van der Waals surface area contributed by atoms with Crippen molar-refractivity contribution in [3.8, 4) is 0 Å². The largest absolute Gasteiger partial charge is 0.446 e. The molecule has 10 heteroatoms. The Morgan fingerprint density at radius 2 is 1.68 bits per heavy atom. The Balaban J connectivity index is 0.000000288. The average molecular weight is 521 g/mol. The Kier molecular flexibility index (Phi) is 15.4. The van der Waals surface area contributed by atoms with Gasteiger partial charge in [-0.05, 0) is 43.5 Å². The number of carbonyl (C=O) groups is 1. The standard InChI is InChI=1S/C10H12ClNO3S.C9H17NO3.C3H6.C2H6/c11-9-1-3-10(4-2-9)16(13,14)12-5-7-15-8-6-12;1-2-5-10(6-7-11)9(12)13-8-3-4-8;1-2-3-1;1-2/h1-4H,5-8H2;8,11H,2-7H2,1H3;1-3H2;1-2H3. The van der Waals surface area contributed by atoms with Crippen molar-refractivity contribution in [2.75, 3.05) is 46.0 Å². The van der Waals surface area contributed by atoms with Gasteiger partial charge in [-0.15, -0.1) is 0 Å². The quantitative estimate of drug-likeness (QED) is 0.566. The number of nitrogens with zero attached hydrogens (tertiary/aromatic N) is 2. The molecule has 3 aliphatic rings. The van der Waals surface area contributed by atoms with E-state index < -0.39 is 10.0 Å². The highest BCUT2D eigenvalue weighted by Gasteiger charge is 2.28. The maximum Gasteiger partial charge on any atom is 0.410 e. The summed E-state index contributed by atoms with van der Waals surface area (Å²) in [6, 6.07) is 6.20. The molecular weight excluding hydrogens is 480 g/mol. The van der Waals surface area contributed by atoms with E-state index in [9.17, 15) is 13.2 Å². The molecule has 2 saturated carbocycles. The Morgan fingerprint density at radius 1 is 1.12 bits per heavy atom. The third-order valence-corrected chi connectivity index (χ3v) is 6.85. The fourth-order valence-electron chi connectivity index (χ4n) is 2.63. The molecule has 34 heavy (non-hydrogen) atoms. The average Bonchev–Trinajstić information content (AvgIpc) is 3.76. The summed E-state index contributed by atoms with van der Waals surface area (Å²) in [6.07, 6.45) is 7.24. The molecule has 0 radical (unpaired) electrons. The van der Waals surface area contributed by atoms with Gasteiger partial charge < -0.3 is 19.5 Å². The Bertz CT molecular complexity index is 770. The molecule has 1 aromatic rings. The summed E-state index contributed by atoms with van der Waals surface area (Å²) in [5.41, 5.74) is 0. The zero-order valence-electron chi connectivity index (χ0n) is 20.7. The van der Waals surface area contributed by atoms with Gasteiger partial charge in [-0.2, -0.15) is 4.31 Å². The third kappa shape index (κ3) is 12.4. The van der Waals surface area contributed by atoms with Gasteiger partial charge in [-0.3, -0.25) is 0 Å². The second-order valence-electron chi connectivity index (χ2n) is 7.82. The van der Waals surface area contributed by atoms with Crippen molar-refractivity contribution in [1.82, 2.24) is 9.21 Å². The van der Waals surface area contributed by atoms with Gasteiger partial charge in [0.2, 0.25) is 10.0 Å². The van der Waals surface area contributed by atoms with E-state index in [1.807, 2.05) is 20.8 Å². The molecule has 1 N–H and O–H groups in total. The van der Waals surface area contributed by atoms with Crippen LogP contribution in [0.3, 0.4) is 0 Å².